The number of alkyl halides is 3. The van der Waals surface area contributed by atoms with Gasteiger partial charge in [0.25, 0.3) is 0 Å². The topological polar surface area (TPSA) is 57.2 Å². The van der Waals surface area contributed by atoms with Crippen LogP contribution in [0.1, 0.15) is 39.0 Å². The van der Waals surface area contributed by atoms with Gasteiger partial charge in [0.15, 0.2) is 10.1 Å². The van der Waals surface area contributed by atoms with Crippen LogP contribution in [0, 0.1) is 0 Å². The SMILES string of the molecule is CCCCCCC[N+](C)(C)C.O=S(=O)([O-])C(F)(F)F. The molecule has 0 amide bonds. The molecule has 0 aromatic heterocycles. The fourth-order valence-electron chi connectivity index (χ4n) is 1.19. The molecule has 0 rings (SSSR count). The molecule has 0 aliphatic rings. The molecule has 4 nitrogen and oxygen atoms in total. The molecule has 0 heterocycles. The first kappa shape index (κ1) is 21.0. The first-order chi connectivity index (χ1) is 8.31. The molecule has 0 atom stereocenters. The summed E-state index contributed by atoms with van der Waals surface area (Å²) >= 11 is 0. The normalized spacial score (nSPS) is 12.8. The Morgan fingerprint density at radius 1 is 1.00 bits per heavy atom. The van der Waals surface area contributed by atoms with Crippen LogP contribution in [0.4, 0.5) is 13.2 Å². The fraction of sp³-hybridized carbons (Fsp3) is 1.00. The van der Waals surface area contributed by atoms with Crippen LogP contribution in [0.3, 0.4) is 0 Å². The Bertz CT molecular complexity index is 321. The van der Waals surface area contributed by atoms with Gasteiger partial charge in [-0.25, -0.2) is 8.42 Å². The van der Waals surface area contributed by atoms with Crippen LogP contribution >= 0.6 is 0 Å². The van der Waals surface area contributed by atoms with E-state index in [2.05, 4.69) is 28.1 Å². The zero-order valence-corrected chi connectivity index (χ0v) is 12.8. The van der Waals surface area contributed by atoms with Crippen LogP contribution in [-0.4, -0.2) is 50.6 Å². The minimum Gasteiger partial charge on any atom is -0.741 e. The van der Waals surface area contributed by atoms with E-state index in [1.54, 1.807) is 0 Å². The number of quaternary nitrogens is 1. The quantitative estimate of drug-likeness (QED) is 0.328. The van der Waals surface area contributed by atoms with E-state index < -0.39 is 15.6 Å². The molecule has 0 fully saturated rings. The van der Waals surface area contributed by atoms with Gasteiger partial charge in [0.1, 0.15) is 0 Å². The summed E-state index contributed by atoms with van der Waals surface area (Å²) in [6, 6.07) is 0. The van der Waals surface area contributed by atoms with Crippen LogP contribution in [0.2, 0.25) is 0 Å². The smallest absolute Gasteiger partial charge is 0.485 e. The number of hydrogen-bond acceptors (Lipinski definition) is 3. The van der Waals surface area contributed by atoms with Crippen LogP contribution in [-0.2, 0) is 10.1 Å². The summed E-state index contributed by atoms with van der Waals surface area (Å²) in [4.78, 5) is 0. The van der Waals surface area contributed by atoms with Crippen molar-refractivity contribution in [3.05, 3.63) is 0 Å². The fourth-order valence-corrected chi connectivity index (χ4v) is 1.19. The molecule has 0 aromatic carbocycles. The highest BCUT2D eigenvalue weighted by molar-refractivity contribution is 7.86. The van der Waals surface area contributed by atoms with Gasteiger partial charge >= 0.3 is 5.51 Å². The van der Waals surface area contributed by atoms with E-state index in [0.717, 1.165) is 4.48 Å². The maximum atomic E-state index is 10.7. The van der Waals surface area contributed by atoms with Crippen molar-refractivity contribution in [3.8, 4) is 0 Å². The third kappa shape index (κ3) is 15.6. The lowest BCUT2D eigenvalue weighted by molar-refractivity contribution is -0.870. The van der Waals surface area contributed by atoms with Crippen molar-refractivity contribution in [1.82, 2.24) is 0 Å². The molecule has 19 heavy (non-hydrogen) atoms. The second kappa shape index (κ2) is 8.76. The number of hydrogen-bond donors (Lipinski definition) is 0. The van der Waals surface area contributed by atoms with Crippen molar-refractivity contribution >= 4 is 10.1 Å². The molecular weight excluding hydrogens is 283 g/mol. The van der Waals surface area contributed by atoms with E-state index in [1.807, 2.05) is 0 Å². The molecule has 8 heteroatoms. The summed E-state index contributed by atoms with van der Waals surface area (Å²) in [7, 11) is 0.701. The molecular formula is C11H24F3NO3S. The Morgan fingerprint density at radius 2 is 1.37 bits per heavy atom. The molecule has 118 valence electrons. The van der Waals surface area contributed by atoms with Crippen molar-refractivity contribution in [2.75, 3.05) is 27.7 Å². The molecule has 0 saturated heterocycles. The lowest BCUT2D eigenvalue weighted by atomic mass is 10.1. The van der Waals surface area contributed by atoms with Gasteiger partial charge in [-0.15, -0.1) is 0 Å². The number of unbranched alkanes of at least 4 members (excludes halogenated alkanes) is 4. The Kier molecular flexibility index (Phi) is 9.66. The molecule has 0 unspecified atom stereocenters. The monoisotopic (exact) mass is 307 g/mol. The van der Waals surface area contributed by atoms with Gasteiger partial charge in [-0.3, -0.25) is 0 Å². The summed E-state index contributed by atoms with van der Waals surface area (Å²) in [5, 5.41) is 0. The van der Waals surface area contributed by atoms with Gasteiger partial charge in [-0.05, 0) is 12.8 Å². The van der Waals surface area contributed by atoms with Gasteiger partial charge in [-0.1, -0.05) is 26.2 Å². The van der Waals surface area contributed by atoms with Gasteiger partial charge < -0.3 is 9.04 Å². The summed E-state index contributed by atoms with van der Waals surface area (Å²) in [5.74, 6) is 0. The lowest BCUT2D eigenvalue weighted by Crippen LogP contribution is -2.35. The van der Waals surface area contributed by atoms with Crippen LogP contribution < -0.4 is 0 Å². The maximum Gasteiger partial charge on any atom is 0.485 e. The highest BCUT2D eigenvalue weighted by Gasteiger charge is 2.36. The van der Waals surface area contributed by atoms with Crippen molar-refractivity contribution < 1.29 is 30.6 Å². The lowest BCUT2D eigenvalue weighted by Gasteiger charge is -2.23. The average Bonchev–Trinajstić information content (AvgIpc) is 2.13. The van der Waals surface area contributed by atoms with Crippen molar-refractivity contribution in [3.63, 3.8) is 0 Å². The summed E-state index contributed by atoms with van der Waals surface area (Å²) in [5.41, 5.74) is -5.65. The minimum atomic E-state index is -6.09. The first-order valence-corrected chi connectivity index (χ1v) is 7.54. The number of halogens is 3. The van der Waals surface area contributed by atoms with Gasteiger partial charge in [0.2, 0.25) is 0 Å². The molecule has 0 bridgehead atoms. The van der Waals surface area contributed by atoms with E-state index in [0.29, 0.717) is 0 Å². The highest BCUT2D eigenvalue weighted by atomic mass is 32.2. The molecule has 0 N–H and O–H groups in total. The van der Waals surface area contributed by atoms with Gasteiger partial charge in [-0.2, -0.15) is 13.2 Å². The Balaban J connectivity index is 0. The van der Waals surface area contributed by atoms with Crippen molar-refractivity contribution in [2.24, 2.45) is 0 Å². The van der Waals surface area contributed by atoms with Crippen molar-refractivity contribution in [1.29, 1.82) is 0 Å². The predicted molar refractivity (Wildman–Crippen MR) is 67.4 cm³/mol. The Labute approximate surface area is 113 Å². The number of nitrogens with zero attached hydrogens (tertiary/aromatic N) is 1. The Morgan fingerprint density at radius 3 is 1.63 bits per heavy atom. The van der Waals surface area contributed by atoms with Gasteiger partial charge in [0.05, 0.1) is 27.7 Å². The largest absolute Gasteiger partial charge is 0.741 e. The van der Waals surface area contributed by atoms with Crippen LogP contribution in [0.5, 0.6) is 0 Å². The number of rotatable bonds is 6. The van der Waals surface area contributed by atoms with Crippen LogP contribution in [0.25, 0.3) is 0 Å². The van der Waals surface area contributed by atoms with E-state index >= 15 is 0 Å². The molecule has 0 saturated carbocycles. The van der Waals surface area contributed by atoms with E-state index in [4.69, 9.17) is 13.0 Å². The molecule has 0 aliphatic carbocycles. The standard InChI is InChI=1S/C10H24N.CHF3O3S/c1-5-6-7-8-9-10-11(2,3)4;2-1(3,4)8(5,6)7/h5-10H2,1-4H3;(H,5,6,7)/q+1;/p-1. The van der Waals surface area contributed by atoms with E-state index in [9.17, 15) is 13.2 Å². The predicted octanol–water partition coefficient (Wildman–Crippen LogP) is 2.71. The summed E-state index contributed by atoms with van der Waals surface area (Å²) in [6.07, 6.45) is 7.00. The second-order valence-corrected chi connectivity index (χ2v) is 6.70. The van der Waals surface area contributed by atoms with Crippen LogP contribution in [0.15, 0.2) is 0 Å². The minimum absolute atomic E-state index is 1.12. The zero-order chi connectivity index (χ0) is 15.7. The molecule has 0 aromatic rings. The zero-order valence-electron chi connectivity index (χ0n) is 12.0. The third-order valence-electron chi connectivity index (χ3n) is 2.22. The second-order valence-electron chi connectivity index (χ2n) is 5.33. The maximum absolute atomic E-state index is 10.7. The average molecular weight is 307 g/mol. The van der Waals surface area contributed by atoms with Crippen molar-refractivity contribution in [2.45, 2.75) is 44.5 Å². The molecule has 0 spiro atoms. The summed E-state index contributed by atoms with van der Waals surface area (Å²) in [6.45, 7) is 3.59. The molecule has 0 radical (unpaired) electrons. The van der Waals surface area contributed by atoms with E-state index in [1.165, 1.54) is 38.6 Å². The van der Waals surface area contributed by atoms with E-state index in [-0.39, 0.29) is 0 Å². The summed E-state index contributed by atoms with van der Waals surface area (Å²) < 4.78 is 60.0. The Hall–Kier alpha value is -0.340. The highest BCUT2D eigenvalue weighted by Crippen LogP contribution is 2.20. The van der Waals surface area contributed by atoms with Gasteiger partial charge in [0, 0.05) is 0 Å². The molecule has 0 aliphatic heterocycles. The third-order valence-corrected chi connectivity index (χ3v) is 2.78. The first-order valence-electron chi connectivity index (χ1n) is 6.14.